The summed E-state index contributed by atoms with van der Waals surface area (Å²) in [6.45, 7) is 5.13. The van der Waals surface area contributed by atoms with E-state index in [0.29, 0.717) is 6.54 Å². The van der Waals surface area contributed by atoms with Crippen molar-refractivity contribution >= 4 is 5.96 Å². The maximum absolute atomic E-state index is 5.01. The molecular weight excluding hydrogens is 230 g/mol. The van der Waals surface area contributed by atoms with E-state index in [1.54, 1.807) is 13.3 Å². The third kappa shape index (κ3) is 5.18. The second kappa shape index (κ2) is 8.52. The van der Waals surface area contributed by atoms with Crippen molar-refractivity contribution in [1.29, 1.82) is 0 Å². The van der Waals surface area contributed by atoms with Crippen LogP contribution in [0.5, 0.6) is 0 Å². The molecule has 0 unspecified atom stereocenters. The molecule has 0 spiro atoms. The molecule has 0 bridgehead atoms. The average Bonchev–Trinajstić information content (AvgIpc) is 2.77. The third-order valence-electron chi connectivity index (χ3n) is 2.48. The summed E-state index contributed by atoms with van der Waals surface area (Å²) in [6, 6.07) is 1.97. The molecule has 0 aliphatic heterocycles. The molecule has 0 atom stereocenters. The van der Waals surface area contributed by atoms with E-state index in [4.69, 9.17) is 4.74 Å². The van der Waals surface area contributed by atoms with Crippen molar-refractivity contribution < 1.29 is 4.74 Å². The van der Waals surface area contributed by atoms with Crippen molar-refractivity contribution in [1.82, 2.24) is 20.4 Å². The molecule has 1 heterocycles. The fraction of sp³-hybridized carbons (Fsp3) is 0.667. The highest BCUT2D eigenvalue weighted by Crippen LogP contribution is 1.97. The molecule has 0 saturated carbocycles. The number of guanidine groups is 1. The highest BCUT2D eigenvalue weighted by molar-refractivity contribution is 5.79. The lowest BCUT2D eigenvalue weighted by Crippen LogP contribution is -2.38. The molecule has 1 aromatic rings. The molecule has 0 aliphatic rings. The number of nitrogens with one attached hydrogen (secondary N) is 2. The number of nitrogens with zero attached hydrogens (tertiary/aromatic N) is 3. The van der Waals surface area contributed by atoms with E-state index in [0.717, 1.165) is 37.8 Å². The Balaban J connectivity index is 2.42. The van der Waals surface area contributed by atoms with Gasteiger partial charge < -0.3 is 15.4 Å². The highest BCUT2D eigenvalue weighted by Gasteiger charge is 1.99. The Labute approximate surface area is 108 Å². The van der Waals surface area contributed by atoms with Gasteiger partial charge in [-0.1, -0.05) is 0 Å². The first-order valence-corrected chi connectivity index (χ1v) is 6.26. The van der Waals surface area contributed by atoms with E-state index < -0.39 is 0 Å². The second-order valence-corrected chi connectivity index (χ2v) is 3.91. The first-order chi connectivity index (χ1) is 8.77. The van der Waals surface area contributed by atoms with E-state index in [-0.39, 0.29) is 0 Å². The summed E-state index contributed by atoms with van der Waals surface area (Å²) in [7, 11) is 3.63. The van der Waals surface area contributed by atoms with Crippen molar-refractivity contribution in [2.24, 2.45) is 12.0 Å². The van der Waals surface area contributed by atoms with Gasteiger partial charge in [-0.3, -0.25) is 4.68 Å². The van der Waals surface area contributed by atoms with E-state index in [1.807, 2.05) is 17.8 Å². The van der Waals surface area contributed by atoms with Crippen LogP contribution in [0.15, 0.2) is 17.3 Å². The number of aryl methyl sites for hydroxylation is 1. The number of ether oxygens (including phenoxy) is 1. The number of hydrogen-bond donors (Lipinski definition) is 2. The first-order valence-electron chi connectivity index (χ1n) is 6.26. The molecular formula is C12H23N5O. The molecule has 0 aromatic carbocycles. The van der Waals surface area contributed by atoms with Crippen LogP contribution in [0.1, 0.15) is 19.0 Å². The largest absolute Gasteiger partial charge is 0.385 e. The van der Waals surface area contributed by atoms with Gasteiger partial charge in [0.1, 0.15) is 0 Å². The molecule has 6 nitrogen and oxygen atoms in total. The Morgan fingerprint density at radius 1 is 1.50 bits per heavy atom. The van der Waals surface area contributed by atoms with Crippen LogP contribution in [0, 0.1) is 0 Å². The van der Waals surface area contributed by atoms with Crippen LogP contribution in [-0.2, 0) is 18.3 Å². The van der Waals surface area contributed by atoms with Crippen molar-refractivity contribution in [3.05, 3.63) is 18.0 Å². The molecule has 0 fully saturated rings. The van der Waals surface area contributed by atoms with Gasteiger partial charge in [0.25, 0.3) is 0 Å². The predicted molar refractivity (Wildman–Crippen MR) is 72.5 cm³/mol. The predicted octanol–water partition coefficient (Wildman–Crippen LogP) is 0.512. The Hall–Kier alpha value is -1.56. The molecule has 2 N–H and O–H groups in total. The zero-order valence-corrected chi connectivity index (χ0v) is 11.4. The van der Waals surface area contributed by atoms with Gasteiger partial charge in [-0.05, 0) is 19.4 Å². The Morgan fingerprint density at radius 3 is 2.94 bits per heavy atom. The summed E-state index contributed by atoms with van der Waals surface area (Å²) in [5.74, 6) is 0.829. The Morgan fingerprint density at radius 2 is 2.33 bits per heavy atom. The van der Waals surface area contributed by atoms with Crippen LogP contribution in [0.25, 0.3) is 0 Å². The van der Waals surface area contributed by atoms with E-state index >= 15 is 0 Å². The minimum atomic E-state index is 0.621. The number of aromatic nitrogens is 2. The Bertz CT molecular complexity index is 361. The molecule has 0 radical (unpaired) electrons. The summed E-state index contributed by atoms with van der Waals surface area (Å²) in [4.78, 5) is 4.51. The second-order valence-electron chi connectivity index (χ2n) is 3.91. The molecule has 102 valence electrons. The lowest BCUT2D eigenvalue weighted by molar-refractivity contribution is 0.195. The normalized spacial score (nSPS) is 11.6. The highest BCUT2D eigenvalue weighted by atomic mass is 16.5. The van der Waals surface area contributed by atoms with Crippen LogP contribution in [0.3, 0.4) is 0 Å². The zero-order chi connectivity index (χ0) is 13.2. The van der Waals surface area contributed by atoms with E-state index in [9.17, 15) is 0 Å². The van der Waals surface area contributed by atoms with E-state index in [2.05, 4.69) is 27.6 Å². The van der Waals surface area contributed by atoms with Gasteiger partial charge in [0, 0.05) is 40.1 Å². The van der Waals surface area contributed by atoms with Crippen molar-refractivity contribution in [2.45, 2.75) is 19.9 Å². The summed E-state index contributed by atoms with van der Waals surface area (Å²) in [5, 5.41) is 10.6. The number of hydrogen-bond acceptors (Lipinski definition) is 3. The summed E-state index contributed by atoms with van der Waals surface area (Å²) in [6.07, 6.45) is 2.75. The number of rotatable bonds is 7. The van der Waals surface area contributed by atoms with Crippen LogP contribution in [0.2, 0.25) is 0 Å². The van der Waals surface area contributed by atoms with Gasteiger partial charge in [0.15, 0.2) is 5.96 Å². The first kappa shape index (κ1) is 14.5. The average molecular weight is 253 g/mol. The van der Waals surface area contributed by atoms with Crippen molar-refractivity contribution in [3.8, 4) is 0 Å². The standard InChI is InChI=1S/C12H23N5O/c1-4-13-12(14-7-5-9-18-3)15-10-11-6-8-16-17(11)2/h6,8H,4-5,7,9-10H2,1-3H3,(H2,13,14,15). The van der Waals surface area contributed by atoms with Gasteiger partial charge in [-0.25, -0.2) is 4.99 Å². The van der Waals surface area contributed by atoms with Crippen LogP contribution < -0.4 is 10.6 Å². The topological polar surface area (TPSA) is 63.5 Å². The summed E-state index contributed by atoms with van der Waals surface area (Å²) in [5.41, 5.74) is 1.09. The van der Waals surface area contributed by atoms with Crippen molar-refractivity contribution in [3.63, 3.8) is 0 Å². The van der Waals surface area contributed by atoms with Gasteiger partial charge in [-0.2, -0.15) is 5.10 Å². The maximum atomic E-state index is 5.01. The lowest BCUT2D eigenvalue weighted by Gasteiger charge is -2.10. The van der Waals surface area contributed by atoms with Crippen molar-refractivity contribution in [2.75, 3.05) is 26.8 Å². The summed E-state index contributed by atoms with van der Waals surface area (Å²) >= 11 is 0. The van der Waals surface area contributed by atoms with Gasteiger partial charge in [-0.15, -0.1) is 0 Å². The molecule has 0 aliphatic carbocycles. The van der Waals surface area contributed by atoms with Crippen LogP contribution in [-0.4, -0.2) is 42.5 Å². The molecule has 0 saturated heterocycles. The number of methoxy groups -OCH3 is 1. The molecule has 1 rings (SSSR count). The smallest absolute Gasteiger partial charge is 0.191 e. The van der Waals surface area contributed by atoms with Crippen LogP contribution in [0.4, 0.5) is 0 Å². The summed E-state index contributed by atoms with van der Waals surface area (Å²) < 4.78 is 6.84. The Kier molecular flexibility index (Phi) is 6.86. The quantitative estimate of drug-likeness (QED) is 0.422. The minimum Gasteiger partial charge on any atom is -0.385 e. The fourth-order valence-corrected chi connectivity index (χ4v) is 1.48. The molecule has 6 heteroatoms. The third-order valence-corrected chi connectivity index (χ3v) is 2.48. The van der Waals surface area contributed by atoms with Gasteiger partial charge in [0.2, 0.25) is 0 Å². The minimum absolute atomic E-state index is 0.621. The van der Waals surface area contributed by atoms with E-state index in [1.165, 1.54) is 0 Å². The fourth-order valence-electron chi connectivity index (χ4n) is 1.48. The van der Waals surface area contributed by atoms with Crippen LogP contribution >= 0.6 is 0 Å². The lowest BCUT2D eigenvalue weighted by atomic mass is 10.4. The van der Waals surface area contributed by atoms with Gasteiger partial charge in [0.05, 0.1) is 12.2 Å². The molecule has 1 aromatic heterocycles. The SMILES string of the molecule is CCNC(=NCc1ccnn1C)NCCCOC. The monoisotopic (exact) mass is 253 g/mol. The van der Waals surface area contributed by atoms with Gasteiger partial charge >= 0.3 is 0 Å². The maximum Gasteiger partial charge on any atom is 0.191 e. The number of aliphatic imine (C=N–C) groups is 1. The molecule has 18 heavy (non-hydrogen) atoms. The molecule has 0 amide bonds. The zero-order valence-electron chi connectivity index (χ0n) is 11.4.